The molecule has 0 amide bonds. The van der Waals surface area contributed by atoms with Crippen molar-refractivity contribution in [2.45, 2.75) is 0 Å². The third-order valence-electron chi connectivity index (χ3n) is 1.99. The number of phenolic OH excluding ortho intramolecular Hbond substituents is 1. The van der Waals surface area contributed by atoms with Crippen LogP contribution >= 0.6 is 0 Å². The molecule has 3 nitrogen and oxygen atoms in total. The van der Waals surface area contributed by atoms with Crippen LogP contribution in [0.1, 0.15) is 0 Å². The largest absolute Gasteiger partial charge is 0.508 e. The molecule has 0 heterocycles. The quantitative estimate of drug-likeness (QED) is 0.727. The van der Waals surface area contributed by atoms with Crippen LogP contribution in [0.15, 0.2) is 24.3 Å². The van der Waals surface area contributed by atoms with Crippen LogP contribution in [-0.4, -0.2) is 32.3 Å². The van der Waals surface area contributed by atoms with Gasteiger partial charge in [0.05, 0.1) is 0 Å². The second-order valence-electron chi connectivity index (χ2n) is 3.04. The maximum absolute atomic E-state index is 9.08. The highest BCUT2D eigenvalue weighted by Crippen LogP contribution is 2.16. The number of aromatic hydroxyl groups is 1. The lowest BCUT2D eigenvalue weighted by Crippen LogP contribution is -2.26. The van der Waals surface area contributed by atoms with Crippen molar-refractivity contribution in [3.63, 3.8) is 0 Å². The summed E-state index contributed by atoms with van der Waals surface area (Å²) in [4.78, 5) is 2.13. The number of phenols is 1. The van der Waals surface area contributed by atoms with Crippen molar-refractivity contribution in [3.8, 4) is 5.75 Å². The zero-order valence-electron chi connectivity index (χ0n) is 8.12. The lowest BCUT2D eigenvalue weighted by molar-refractivity contribution is 0.475. The van der Waals surface area contributed by atoms with Crippen LogP contribution < -0.4 is 10.2 Å². The summed E-state index contributed by atoms with van der Waals surface area (Å²) in [7, 11) is 3.97. The predicted octanol–water partition coefficient (Wildman–Crippen LogP) is 1.05. The first-order chi connectivity index (χ1) is 6.24. The van der Waals surface area contributed by atoms with E-state index in [-0.39, 0.29) is 0 Å². The average molecular weight is 180 g/mol. The van der Waals surface area contributed by atoms with Gasteiger partial charge in [0, 0.05) is 25.8 Å². The number of anilines is 1. The highest BCUT2D eigenvalue weighted by Gasteiger charge is 1.98. The summed E-state index contributed by atoms with van der Waals surface area (Å²) < 4.78 is 0. The van der Waals surface area contributed by atoms with E-state index in [2.05, 4.69) is 10.2 Å². The Hall–Kier alpha value is -1.22. The molecule has 13 heavy (non-hydrogen) atoms. The molecule has 0 saturated heterocycles. The van der Waals surface area contributed by atoms with Gasteiger partial charge in [0.2, 0.25) is 0 Å². The van der Waals surface area contributed by atoms with Gasteiger partial charge in [-0.2, -0.15) is 0 Å². The third kappa shape index (κ3) is 2.95. The molecule has 0 aromatic heterocycles. The first-order valence-corrected chi connectivity index (χ1v) is 4.39. The smallest absolute Gasteiger partial charge is 0.115 e. The van der Waals surface area contributed by atoms with E-state index in [1.807, 2.05) is 26.2 Å². The van der Waals surface area contributed by atoms with Gasteiger partial charge in [0.25, 0.3) is 0 Å². The van der Waals surface area contributed by atoms with E-state index in [0.29, 0.717) is 5.75 Å². The molecule has 0 saturated carbocycles. The summed E-state index contributed by atoms with van der Waals surface area (Å²) in [6.07, 6.45) is 0. The normalized spacial score (nSPS) is 10.0. The van der Waals surface area contributed by atoms with Crippen LogP contribution in [0.25, 0.3) is 0 Å². The van der Waals surface area contributed by atoms with E-state index in [0.717, 1.165) is 18.8 Å². The highest BCUT2D eigenvalue weighted by molar-refractivity contribution is 5.47. The molecule has 0 aliphatic heterocycles. The Bertz CT molecular complexity index is 246. The second kappa shape index (κ2) is 4.72. The van der Waals surface area contributed by atoms with Crippen LogP contribution in [0.2, 0.25) is 0 Å². The fourth-order valence-electron chi connectivity index (χ4n) is 1.12. The standard InChI is InChI=1S/C10H16N2O/c1-11-7-8-12(2)9-3-5-10(13)6-4-9/h3-6,11,13H,7-8H2,1-2H3. The molecule has 0 radical (unpaired) electrons. The summed E-state index contributed by atoms with van der Waals surface area (Å²) in [6, 6.07) is 7.21. The minimum atomic E-state index is 0.311. The summed E-state index contributed by atoms with van der Waals surface area (Å²) >= 11 is 0. The minimum Gasteiger partial charge on any atom is -0.508 e. The van der Waals surface area contributed by atoms with E-state index < -0.39 is 0 Å². The molecule has 0 spiro atoms. The SMILES string of the molecule is CNCCN(C)c1ccc(O)cc1. The van der Waals surface area contributed by atoms with Gasteiger partial charge in [-0.1, -0.05) is 0 Å². The number of hydrogen-bond donors (Lipinski definition) is 2. The lowest BCUT2D eigenvalue weighted by Gasteiger charge is -2.18. The second-order valence-corrected chi connectivity index (χ2v) is 3.04. The van der Waals surface area contributed by atoms with Gasteiger partial charge in [-0.3, -0.25) is 0 Å². The summed E-state index contributed by atoms with van der Waals surface area (Å²) in [5.74, 6) is 0.311. The molecule has 1 aromatic rings. The van der Waals surface area contributed by atoms with Crippen molar-refractivity contribution in [3.05, 3.63) is 24.3 Å². The number of nitrogens with zero attached hydrogens (tertiary/aromatic N) is 1. The minimum absolute atomic E-state index is 0.311. The van der Waals surface area contributed by atoms with Crippen LogP contribution in [0.5, 0.6) is 5.75 Å². The molecule has 1 aromatic carbocycles. The summed E-state index contributed by atoms with van der Waals surface area (Å²) in [5.41, 5.74) is 1.12. The molecular formula is C10H16N2O. The Balaban J connectivity index is 2.55. The molecule has 2 N–H and O–H groups in total. The van der Waals surface area contributed by atoms with E-state index in [4.69, 9.17) is 5.11 Å². The molecule has 0 atom stereocenters. The van der Waals surface area contributed by atoms with Crippen molar-refractivity contribution < 1.29 is 5.11 Å². The first-order valence-electron chi connectivity index (χ1n) is 4.39. The van der Waals surface area contributed by atoms with Gasteiger partial charge < -0.3 is 15.3 Å². The van der Waals surface area contributed by atoms with Crippen molar-refractivity contribution in [1.82, 2.24) is 5.32 Å². The van der Waals surface area contributed by atoms with E-state index in [1.54, 1.807) is 12.1 Å². The van der Waals surface area contributed by atoms with Crippen LogP contribution in [0, 0.1) is 0 Å². The zero-order valence-corrected chi connectivity index (χ0v) is 8.12. The van der Waals surface area contributed by atoms with Gasteiger partial charge in [0.15, 0.2) is 0 Å². The Labute approximate surface area is 79.0 Å². The molecule has 72 valence electrons. The van der Waals surface area contributed by atoms with Crippen molar-refractivity contribution in [2.75, 3.05) is 32.1 Å². The fourth-order valence-corrected chi connectivity index (χ4v) is 1.12. The lowest BCUT2D eigenvalue weighted by atomic mass is 10.3. The summed E-state index contributed by atoms with van der Waals surface area (Å²) in [6.45, 7) is 1.92. The Morgan fingerprint density at radius 1 is 1.31 bits per heavy atom. The number of benzene rings is 1. The first kappa shape index (κ1) is 9.86. The molecule has 0 aliphatic carbocycles. The predicted molar refractivity (Wildman–Crippen MR) is 55.3 cm³/mol. The monoisotopic (exact) mass is 180 g/mol. The number of nitrogens with one attached hydrogen (secondary N) is 1. The van der Waals surface area contributed by atoms with E-state index in [9.17, 15) is 0 Å². The van der Waals surface area contributed by atoms with Gasteiger partial charge in [-0.25, -0.2) is 0 Å². The maximum Gasteiger partial charge on any atom is 0.115 e. The maximum atomic E-state index is 9.08. The average Bonchev–Trinajstić information content (AvgIpc) is 2.15. The molecule has 0 unspecified atom stereocenters. The van der Waals surface area contributed by atoms with Crippen molar-refractivity contribution in [1.29, 1.82) is 0 Å². The van der Waals surface area contributed by atoms with E-state index in [1.165, 1.54) is 0 Å². The molecule has 3 heteroatoms. The Morgan fingerprint density at radius 3 is 2.46 bits per heavy atom. The summed E-state index contributed by atoms with van der Waals surface area (Å²) in [5, 5.41) is 12.2. The fraction of sp³-hybridized carbons (Fsp3) is 0.400. The highest BCUT2D eigenvalue weighted by atomic mass is 16.3. The van der Waals surface area contributed by atoms with E-state index >= 15 is 0 Å². The van der Waals surface area contributed by atoms with Gasteiger partial charge in [0.1, 0.15) is 5.75 Å². The Kier molecular flexibility index (Phi) is 3.58. The van der Waals surface area contributed by atoms with Gasteiger partial charge >= 0.3 is 0 Å². The number of rotatable bonds is 4. The number of likely N-dealkylation sites (N-methyl/N-ethyl adjacent to an activating group) is 2. The molecule has 0 aliphatic rings. The zero-order chi connectivity index (χ0) is 9.68. The van der Waals surface area contributed by atoms with Gasteiger partial charge in [-0.15, -0.1) is 0 Å². The Morgan fingerprint density at radius 2 is 1.92 bits per heavy atom. The molecule has 1 rings (SSSR count). The molecule has 0 fully saturated rings. The van der Waals surface area contributed by atoms with Crippen LogP contribution in [0.4, 0.5) is 5.69 Å². The third-order valence-corrected chi connectivity index (χ3v) is 1.99. The molecular weight excluding hydrogens is 164 g/mol. The topological polar surface area (TPSA) is 35.5 Å². The number of hydrogen-bond acceptors (Lipinski definition) is 3. The van der Waals surface area contributed by atoms with Crippen LogP contribution in [-0.2, 0) is 0 Å². The van der Waals surface area contributed by atoms with Crippen LogP contribution in [0.3, 0.4) is 0 Å². The van der Waals surface area contributed by atoms with Crippen molar-refractivity contribution >= 4 is 5.69 Å². The van der Waals surface area contributed by atoms with Gasteiger partial charge in [-0.05, 0) is 31.3 Å². The van der Waals surface area contributed by atoms with Crippen molar-refractivity contribution in [2.24, 2.45) is 0 Å². The molecule has 0 bridgehead atoms.